The number of carboxylic acids is 1. The number of carboxylic acid groups (broad SMARTS) is 1. The minimum atomic E-state index is -1.17. The maximum Gasteiger partial charge on any atom is 0.313 e. The van der Waals surface area contributed by atoms with E-state index in [-0.39, 0.29) is 12.1 Å². The van der Waals surface area contributed by atoms with Gasteiger partial charge >= 0.3 is 5.97 Å². The summed E-state index contributed by atoms with van der Waals surface area (Å²) in [5.74, 6) is -0.0571. The van der Waals surface area contributed by atoms with Crippen LogP contribution in [0.5, 0.6) is 0 Å². The van der Waals surface area contributed by atoms with Crippen LogP contribution in [0.15, 0.2) is 16.2 Å². The molecular formula is C18H25N3O4S. The van der Waals surface area contributed by atoms with Gasteiger partial charge in [-0.1, -0.05) is 13.8 Å². The topological polar surface area (TPSA) is 107 Å². The van der Waals surface area contributed by atoms with E-state index in [1.807, 2.05) is 30.2 Å². The van der Waals surface area contributed by atoms with E-state index in [0.717, 1.165) is 6.42 Å². The number of hydrogen-bond donors (Lipinski definition) is 3. The molecule has 2 aromatic rings. The molecule has 1 saturated heterocycles. The first kappa shape index (κ1) is 19.0. The third-order valence-electron chi connectivity index (χ3n) is 5.19. The van der Waals surface area contributed by atoms with Crippen molar-refractivity contribution in [1.29, 1.82) is 0 Å². The van der Waals surface area contributed by atoms with Crippen LogP contribution in [0.4, 0.5) is 0 Å². The summed E-state index contributed by atoms with van der Waals surface area (Å²) in [7, 11) is 0. The smallest absolute Gasteiger partial charge is 0.313 e. The summed E-state index contributed by atoms with van der Waals surface area (Å²) in [5, 5.41) is 22.1. The molecule has 7 nitrogen and oxygen atoms in total. The summed E-state index contributed by atoms with van der Waals surface area (Å²) in [6.45, 7) is 5.29. The first-order valence-electron chi connectivity index (χ1n) is 8.92. The van der Waals surface area contributed by atoms with Crippen molar-refractivity contribution in [3.63, 3.8) is 0 Å². The Balaban J connectivity index is 1.81. The predicted molar refractivity (Wildman–Crippen MR) is 100 cm³/mol. The molecule has 3 heterocycles. The number of aliphatic hydroxyl groups is 1. The maximum atomic E-state index is 12.1. The van der Waals surface area contributed by atoms with E-state index in [9.17, 15) is 19.8 Å². The van der Waals surface area contributed by atoms with Crippen molar-refractivity contribution in [1.82, 2.24) is 14.9 Å². The average Bonchev–Trinajstić information content (AvgIpc) is 3.04. The van der Waals surface area contributed by atoms with Gasteiger partial charge in [0.15, 0.2) is 0 Å². The zero-order chi connectivity index (χ0) is 18.9. The highest BCUT2D eigenvalue weighted by molar-refractivity contribution is 7.17. The number of piperidine rings is 1. The second-order valence-corrected chi connectivity index (χ2v) is 8.47. The van der Waals surface area contributed by atoms with E-state index >= 15 is 0 Å². The quantitative estimate of drug-likeness (QED) is 0.709. The van der Waals surface area contributed by atoms with Gasteiger partial charge in [0, 0.05) is 13.1 Å². The van der Waals surface area contributed by atoms with E-state index in [1.165, 1.54) is 11.3 Å². The zero-order valence-electron chi connectivity index (χ0n) is 15.1. The molecule has 0 aliphatic carbocycles. The number of H-pyrrole nitrogens is 1. The number of aromatic amines is 1. The molecule has 0 amide bonds. The second kappa shape index (κ2) is 7.46. The molecule has 0 bridgehead atoms. The number of nitrogens with one attached hydrogen (secondary N) is 1. The van der Waals surface area contributed by atoms with E-state index in [1.54, 1.807) is 0 Å². The molecule has 0 spiro atoms. The number of fused-ring (bicyclic) bond motifs is 1. The molecule has 0 radical (unpaired) electrons. The Morgan fingerprint density at radius 3 is 3.00 bits per heavy atom. The predicted octanol–water partition coefficient (Wildman–Crippen LogP) is 2.06. The summed E-state index contributed by atoms with van der Waals surface area (Å²) < 4.78 is 0.597. The largest absolute Gasteiger partial charge is 0.481 e. The van der Waals surface area contributed by atoms with Crippen molar-refractivity contribution in [3.05, 3.63) is 27.6 Å². The van der Waals surface area contributed by atoms with Crippen LogP contribution in [0, 0.1) is 11.3 Å². The van der Waals surface area contributed by atoms with Crippen LogP contribution in [-0.4, -0.2) is 50.2 Å². The van der Waals surface area contributed by atoms with Crippen molar-refractivity contribution in [2.75, 3.05) is 13.1 Å². The van der Waals surface area contributed by atoms with Crippen LogP contribution in [0.25, 0.3) is 10.2 Å². The van der Waals surface area contributed by atoms with Gasteiger partial charge in [0.25, 0.3) is 5.56 Å². The van der Waals surface area contributed by atoms with E-state index in [4.69, 9.17) is 0 Å². The molecule has 1 aliphatic heterocycles. The van der Waals surface area contributed by atoms with Crippen LogP contribution in [0.2, 0.25) is 0 Å². The van der Waals surface area contributed by atoms with E-state index in [2.05, 4.69) is 9.97 Å². The Bertz CT molecular complexity index is 846. The average molecular weight is 379 g/mol. The zero-order valence-corrected chi connectivity index (χ0v) is 15.9. The number of nitrogens with zero attached hydrogens (tertiary/aromatic N) is 2. The van der Waals surface area contributed by atoms with Gasteiger partial charge in [0.2, 0.25) is 0 Å². The van der Waals surface area contributed by atoms with Crippen molar-refractivity contribution in [3.8, 4) is 0 Å². The highest BCUT2D eigenvalue weighted by Gasteiger charge is 2.48. The normalized spacial score (nSPS) is 24.4. The van der Waals surface area contributed by atoms with Gasteiger partial charge in [-0.2, -0.15) is 0 Å². The fraction of sp³-hybridized carbons (Fsp3) is 0.611. The number of thiophene rings is 1. The highest BCUT2D eigenvalue weighted by Crippen LogP contribution is 2.37. The number of rotatable bonds is 6. The first-order chi connectivity index (χ1) is 12.3. The number of hydrogen-bond acceptors (Lipinski definition) is 6. The summed E-state index contributed by atoms with van der Waals surface area (Å²) in [6.07, 6.45) is 0.717. The lowest BCUT2D eigenvalue weighted by Crippen LogP contribution is -2.55. The van der Waals surface area contributed by atoms with Gasteiger partial charge in [-0.05, 0) is 36.6 Å². The van der Waals surface area contributed by atoms with Crippen LogP contribution in [0.3, 0.4) is 0 Å². The number of aliphatic carboxylic acids is 1. The van der Waals surface area contributed by atoms with Gasteiger partial charge in [0.05, 0.1) is 18.2 Å². The Kier molecular flexibility index (Phi) is 5.45. The fourth-order valence-corrected chi connectivity index (χ4v) is 4.34. The number of likely N-dealkylation sites (tertiary alicyclic amines) is 1. The second-order valence-electron chi connectivity index (χ2n) is 7.56. The standard InChI is InChI=1S/C18H25N3O4S/c1-11(2)3-6-18(17(24)25)10-21(7-4-13(18)22)9-14-19-12-5-8-26-15(12)16(23)20-14/h5,8,11,13,22H,3-4,6-7,9-10H2,1-2H3,(H,24,25)(H,19,20,23)/t13-,18-/m1/s1. The number of carbonyl (C=O) groups is 1. The van der Waals surface area contributed by atoms with Gasteiger partial charge in [0.1, 0.15) is 15.9 Å². The SMILES string of the molecule is CC(C)CC[C@@]1(C(=O)O)CN(Cc2nc3ccsc3c(=O)[nH]2)CC[C@H]1O. The van der Waals surface area contributed by atoms with Crippen molar-refractivity contribution < 1.29 is 15.0 Å². The van der Waals surface area contributed by atoms with Crippen molar-refractivity contribution >= 4 is 27.5 Å². The van der Waals surface area contributed by atoms with Crippen LogP contribution < -0.4 is 5.56 Å². The lowest BCUT2D eigenvalue weighted by Gasteiger charge is -2.43. The Hall–Kier alpha value is -1.77. The first-order valence-corrected chi connectivity index (χ1v) is 9.80. The number of aromatic nitrogens is 2. The molecule has 26 heavy (non-hydrogen) atoms. The van der Waals surface area contributed by atoms with Gasteiger partial charge in [-0.15, -0.1) is 11.3 Å². The third-order valence-corrected chi connectivity index (χ3v) is 6.10. The minimum Gasteiger partial charge on any atom is -0.481 e. The molecule has 1 aliphatic rings. The summed E-state index contributed by atoms with van der Waals surface area (Å²) in [5.41, 5.74) is -0.675. The van der Waals surface area contributed by atoms with E-state index in [0.29, 0.717) is 47.9 Å². The molecule has 0 unspecified atom stereocenters. The van der Waals surface area contributed by atoms with Crippen LogP contribution in [-0.2, 0) is 11.3 Å². The molecule has 2 atom stereocenters. The number of aliphatic hydroxyl groups excluding tert-OH is 1. The molecule has 0 aromatic carbocycles. The molecule has 0 saturated carbocycles. The minimum absolute atomic E-state index is 0.165. The van der Waals surface area contributed by atoms with Crippen LogP contribution in [0.1, 0.15) is 38.9 Å². The molecule has 3 N–H and O–H groups in total. The van der Waals surface area contributed by atoms with Crippen molar-refractivity contribution in [2.24, 2.45) is 11.3 Å². The molecule has 3 rings (SSSR count). The highest BCUT2D eigenvalue weighted by atomic mass is 32.1. The molecule has 2 aromatic heterocycles. The van der Waals surface area contributed by atoms with Gasteiger partial charge in [-0.25, -0.2) is 4.98 Å². The molecular weight excluding hydrogens is 354 g/mol. The van der Waals surface area contributed by atoms with Gasteiger partial charge < -0.3 is 15.2 Å². The van der Waals surface area contributed by atoms with Gasteiger partial charge in [-0.3, -0.25) is 14.5 Å². The summed E-state index contributed by atoms with van der Waals surface area (Å²) in [6, 6.07) is 1.81. The van der Waals surface area contributed by atoms with Crippen LogP contribution >= 0.6 is 11.3 Å². The Labute approximate surface area is 155 Å². The monoisotopic (exact) mass is 379 g/mol. The Morgan fingerprint density at radius 1 is 1.54 bits per heavy atom. The molecule has 1 fully saturated rings. The summed E-state index contributed by atoms with van der Waals surface area (Å²) in [4.78, 5) is 33.4. The Morgan fingerprint density at radius 2 is 2.31 bits per heavy atom. The summed E-state index contributed by atoms with van der Waals surface area (Å²) >= 11 is 1.35. The van der Waals surface area contributed by atoms with E-state index < -0.39 is 17.5 Å². The third kappa shape index (κ3) is 3.67. The lowest BCUT2D eigenvalue weighted by molar-refractivity contribution is -0.165. The fourth-order valence-electron chi connectivity index (χ4n) is 3.62. The maximum absolute atomic E-state index is 12.1. The van der Waals surface area contributed by atoms with Crippen molar-refractivity contribution in [2.45, 2.75) is 45.8 Å². The lowest BCUT2D eigenvalue weighted by atomic mass is 9.73. The molecule has 142 valence electrons. The molecule has 8 heteroatoms.